The first-order valence-corrected chi connectivity index (χ1v) is 5.37. The maximum Gasteiger partial charge on any atom is 0.328 e. The number of benzene rings is 1. The molecule has 0 saturated carbocycles. The van der Waals surface area contributed by atoms with Crippen LogP contribution in [-0.2, 0) is 4.79 Å². The van der Waals surface area contributed by atoms with Crippen LogP contribution in [0.2, 0.25) is 0 Å². The second kappa shape index (κ2) is 4.44. The van der Waals surface area contributed by atoms with Crippen LogP contribution in [0, 0.1) is 16.0 Å². The fourth-order valence-corrected chi connectivity index (χ4v) is 1.72. The Morgan fingerprint density at radius 2 is 2.17 bits per heavy atom. The lowest BCUT2D eigenvalue weighted by Gasteiger charge is -2.29. The fraction of sp³-hybridized carbons (Fsp3) is 0.273. The average molecular weight is 249 g/mol. The van der Waals surface area contributed by atoms with E-state index in [1.54, 1.807) is 6.92 Å². The molecule has 3 amide bonds. The summed E-state index contributed by atoms with van der Waals surface area (Å²) in [5.74, 6) is -0.707. The molecule has 1 fully saturated rings. The van der Waals surface area contributed by atoms with Gasteiger partial charge in [0.1, 0.15) is 0 Å². The standard InChI is InChI=1S/C11H11N3O4/c1-7-6-12-11(16)13(10(7)15)8-3-2-4-9(5-8)14(17)18/h2-5,7H,6H2,1H3,(H,12,16). The summed E-state index contributed by atoms with van der Waals surface area (Å²) in [5, 5.41) is 13.2. The molecule has 18 heavy (non-hydrogen) atoms. The number of rotatable bonds is 2. The van der Waals surface area contributed by atoms with E-state index in [0.717, 1.165) is 4.90 Å². The van der Waals surface area contributed by atoms with Gasteiger partial charge < -0.3 is 5.32 Å². The highest BCUT2D eigenvalue weighted by Crippen LogP contribution is 2.24. The van der Waals surface area contributed by atoms with Gasteiger partial charge in [0.25, 0.3) is 5.69 Å². The lowest BCUT2D eigenvalue weighted by molar-refractivity contribution is -0.384. The topological polar surface area (TPSA) is 92.6 Å². The summed E-state index contributed by atoms with van der Waals surface area (Å²) < 4.78 is 0. The van der Waals surface area contributed by atoms with Crippen LogP contribution >= 0.6 is 0 Å². The van der Waals surface area contributed by atoms with Crippen molar-refractivity contribution >= 4 is 23.3 Å². The molecule has 1 saturated heterocycles. The van der Waals surface area contributed by atoms with E-state index < -0.39 is 11.0 Å². The first-order chi connectivity index (χ1) is 8.50. The molecule has 0 radical (unpaired) electrons. The van der Waals surface area contributed by atoms with Crippen molar-refractivity contribution in [3.8, 4) is 0 Å². The molecule has 7 heteroatoms. The highest BCUT2D eigenvalue weighted by Gasteiger charge is 2.33. The number of imide groups is 1. The normalized spacial score (nSPS) is 19.6. The van der Waals surface area contributed by atoms with Gasteiger partial charge in [0.2, 0.25) is 5.91 Å². The molecular formula is C11H11N3O4. The molecule has 0 bridgehead atoms. The third kappa shape index (κ3) is 2.02. The van der Waals surface area contributed by atoms with Crippen molar-refractivity contribution in [3.05, 3.63) is 34.4 Å². The number of carbonyl (C=O) groups excluding carboxylic acids is 2. The number of nitrogens with one attached hydrogen (secondary N) is 1. The minimum Gasteiger partial charge on any atom is -0.337 e. The number of anilines is 1. The Morgan fingerprint density at radius 1 is 1.44 bits per heavy atom. The molecule has 1 heterocycles. The zero-order chi connectivity index (χ0) is 13.3. The van der Waals surface area contributed by atoms with Crippen molar-refractivity contribution in [2.24, 2.45) is 5.92 Å². The van der Waals surface area contributed by atoms with E-state index in [0.29, 0.717) is 0 Å². The molecule has 0 aromatic heterocycles. The number of nitro groups is 1. The number of amides is 3. The maximum absolute atomic E-state index is 11.9. The van der Waals surface area contributed by atoms with Crippen LogP contribution in [0.15, 0.2) is 24.3 Å². The molecule has 2 rings (SSSR count). The van der Waals surface area contributed by atoms with Gasteiger partial charge in [-0.2, -0.15) is 0 Å². The van der Waals surface area contributed by atoms with Gasteiger partial charge in [0.15, 0.2) is 0 Å². The second-order valence-corrected chi connectivity index (χ2v) is 4.04. The molecule has 7 nitrogen and oxygen atoms in total. The number of carbonyl (C=O) groups is 2. The Bertz CT molecular complexity index is 529. The van der Waals surface area contributed by atoms with Gasteiger partial charge in [-0.3, -0.25) is 14.9 Å². The Morgan fingerprint density at radius 3 is 2.83 bits per heavy atom. The van der Waals surface area contributed by atoms with Crippen LogP contribution < -0.4 is 10.2 Å². The summed E-state index contributed by atoms with van der Waals surface area (Å²) in [6, 6.07) is 4.88. The number of hydrogen-bond acceptors (Lipinski definition) is 4. The van der Waals surface area contributed by atoms with E-state index in [-0.39, 0.29) is 29.7 Å². The van der Waals surface area contributed by atoms with E-state index in [1.807, 2.05) is 0 Å². The molecule has 1 aromatic carbocycles. The minimum absolute atomic E-state index is 0.161. The van der Waals surface area contributed by atoms with E-state index in [1.165, 1.54) is 24.3 Å². The Kier molecular flexibility index (Phi) is 2.97. The van der Waals surface area contributed by atoms with Crippen LogP contribution in [0.4, 0.5) is 16.2 Å². The van der Waals surface area contributed by atoms with Gasteiger partial charge in [0, 0.05) is 18.7 Å². The number of urea groups is 1. The van der Waals surface area contributed by atoms with Crippen LogP contribution in [0.5, 0.6) is 0 Å². The highest BCUT2D eigenvalue weighted by molar-refractivity contribution is 6.16. The monoisotopic (exact) mass is 249 g/mol. The molecule has 0 aliphatic carbocycles. The van der Waals surface area contributed by atoms with Crippen molar-refractivity contribution in [1.82, 2.24) is 5.32 Å². The Labute approximate surface area is 103 Å². The molecule has 1 aliphatic heterocycles. The lowest BCUT2D eigenvalue weighted by atomic mass is 10.1. The van der Waals surface area contributed by atoms with Crippen molar-refractivity contribution in [2.45, 2.75) is 6.92 Å². The van der Waals surface area contributed by atoms with Gasteiger partial charge in [0.05, 0.1) is 16.5 Å². The maximum atomic E-state index is 11.9. The Hall–Kier alpha value is -2.44. The first-order valence-electron chi connectivity index (χ1n) is 5.37. The van der Waals surface area contributed by atoms with E-state index in [9.17, 15) is 19.7 Å². The molecule has 1 atom stereocenters. The summed E-state index contributed by atoms with van der Waals surface area (Å²) >= 11 is 0. The predicted molar refractivity (Wildman–Crippen MR) is 63.1 cm³/mol. The van der Waals surface area contributed by atoms with Gasteiger partial charge in [-0.15, -0.1) is 0 Å². The smallest absolute Gasteiger partial charge is 0.328 e. The Balaban J connectivity index is 2.40. The van der Waals surface area contributed by atoms with Gasteiger partial charge >= 0.3 is 6.03 Å². The molecule has 1 unspecified atom stereocenters. The van der Waals surface area contributed by atoms with Crippen LogP contribution in [-0.4, -0.2) is 23.4 Å². The summed E-state index contributed by atoms with van der Waals surface area (Å²) in [6.45, 7) is 1.97. The van der Waals surface area contributed by atoms with Crippen LogP contribution in [0.3, 0.4) is 0 Å². The van der Waals surface area contributed by atoms with Crippen molar-refractivity contribution in [3.63, 3.8) is 0 Å². The first kappa shape index (κ1) is 12.0. The minimum atomic E-state index is -0.570. The molecular weight excluding hydrogens is 238 g/mol. The second-order valence-electron chi connectivity index (χ2n) is 4.04. The molecule has 1 N–H and O–H groups in total. The summed E-state index contributed by atoms with van der Waals surface area (Å²) in [5.41, 5.74) is 0.0459. The SMILES string of the molecule is CC1CNC(=O)N(c2cccc([N+](=O)[O-])c2)C1=O. The molecule has 1 aromatic rings. The van der Waals surface area contributed by atoms with Crippen molar-refractivity contribution < 1.29 is 14.5 Å². The average Bonchev–Trinajstić information content (AvgIpc) is 2.35. The highest BCUT2D eigenvalue weighted by atomic mass is 16.6. The van der Waals surface area contributed by atoms with Crippen molar-refractivity contribution in [2.75, 3.05) is 11.4 Å². The summed E-state index contributed by atoms with van der Waals surface area (Å²) in [4.78, 5) is 34.6. The zero-order valence-electron chi connectivity index (χ0n) is 9.62. The number of non-ortho nitro benzene ring substituents is 1. The molecule has 94 valence electrons. The molecule has 0 spiro atoms. The summed E-state index contributed by atoms with van der Waals surface area (Å²) in [6.07, 6.45) is 0. The van der Waals surface area contributed by atoms with E-state index >= 15 is 0 Å². The van der Waals surface area contributed by atoms with Crippen LogP contribution in [0.25, 0.3) is 0 Å². The molecule has 1 aliphatic rings. The zero-order valence-corrected chi connectivity index (χ0v) is 9.62. The predicted octanol–water partition coefficient (Wildman–Crippen LogP) is 1.29. The van der Waals surface area contributed by atoms with Gasteiger partial charge in [-0.1, -0.05) is 13.0 Å². The van der Waals surface area contributed by atoms with E-state index in [4.69, 9.17) is 0 Å². The third-order valence-corrected chi connectivity index (χ3v) is 2.70. The third-order valence-electron chi connectivity index (χ3n) is 2.70. The van der Waals surface area contributed by atoms with Crippen LogP contribution in [0.1, 0.15) is 6.92 Å². The number of hydrogen-bond donors (Lipinski definition) is 1. The fourth-order valence-electron chi connectivity index (χ4n) is 1.72. The number of nitrogens with zero attached hydrogens (tertiary/aromatic N) is 2. The quantitative estimate of drug-likeness (QED) is 0.631. The summed E-state index contributed by atoms with van der Waals surface area (Å²) in [7, 11) is 0. The van der Waals surface area contributed by atoms with Crippen molar-refractivity contribution in [1.29, 1.82) is 0 Å². The van der Waals surface area contributed by atoms with E-state index in [2.05, 4.69) is 5.32 Å². The number of nitro benzene ring substituents is 1. The lowest BCUT2D eigenvalue weighted by Crippen LogP contribution is -2.54. The van der Waals surface area contributed by atoms with Gasteiger partial charge in [-0.05, 0) is 6.07 Å². The van der Waals surface area contributed by atoms with Gasteiger partial charge in [-0.25, -0.2) is 9.69 Å². The largest absolute Gasteiger partial charge is 0.337 e.